The SMILES string of the molecule is C[B]c1cccc(Oc2cccc(C3CC(=O)Nc4cc(C(F)(F)F)c(C)cc4N3)c2)c1. The van der Waals surface area contributed by atoms with Crippen LogP contribution < -0.4 is 20.8 Å². The van der Waals surface area contributed by atoms with E-state index in [9.17, 15) is 18.0 Å². The van der Waals surface area contributed by atoms with Crippen LogP contribution in [-0.2, 0) is 11.0 Å². The molecule has 1 atom stereocenters. The molecule has 0 bridgehead atoms. The molecule has 1 radical (unpaired) electrons. The Balaban J connectivity index is 1.62. The highest BCUT2D eigenvalue weighted by Gasteiger charge is 2.34. The van der Waals surface area contributed by atoms with Crippen molar-refractivity contribution in [1.82, 2.24) is 0 Å². The van der Waals surface area contributed by atoms with Crippen molar-refractivity contribution >= 4 is 30.0 Å². The fourth-order valence-electron chi connectivity index (χ4n) is 3.75. The maximum absolute atomic E-state index is 13.3. The number of nitrogens with one attached hydrogen (secondary N) is 2. The first kappa shape index (κ1) is 21.8. The smallest absolute Gasteiger partial charge is 0.416 e. The lowest BCUT2D eigenvalue weighted by Gasteiger charge is -2.20. The van der Waals surface area contributed by atoms with Crippen molar-refractivity contribution in [3.05, 3.63) is 77.4 Å². The molecule has 1 unspecified atom stereocenters. The van der Waals surface area contributed by atoms with Gasteiger partial charge in [0.15, 0.2) is 0 Å². The molecule has 0 aromatic heterocycles. The zero-order valence-electron chi connectivity index (χ0n) is 17.6. The molecular weight excluding hydrogens is 416 g/mol. The van der Waals surface area contributed by atoms with Crippen LogP contribution in [0.3, 0.4) is 0 Å². The molecule has 32 heavy (non-hydrogen) atoms. The summed E-state index contributed by atoms with van der Waals surface area (Å²) in [6.07, 6.45) is -4.42. The number of ether oxygens (including phenoxy) is 1. The van der Waals surface area contributed by atoms with Gasteiger partial charge in [-0.25, -0.2) is 0 Å². The van der Waals surface area contributed by atoms with Gasteiger partial charge in [0.1, 0.15) is 18.8 Å². The number of hydrogen-bond donors (Lipinski definition) is 2. The normalized spacial score (nSPS) is 15.8. The van der Waals surface area contributed by atoms with Crippen LogP contribution in [0.15, 0.2) is 60.7 Å². The molecule has 3 aromatic rings. The Labute approximate surface area is 185 Å². The molecule has 1 aliphatic heterocycles. The van der Waals surface area contributed by atoms with Crippen molar-refractivity contribution < 1.29 is 22.7 Å². The topological polar surface area (TPSA) is 50.4 Å². The van der Waals surface area contributed by atoms with E-state index in [1.165, 1.54) is 13.0 Å². The lowest BCUT2D eigenvalue weighted by Crippen LogP contribution is -2.15. The molecule has 0 saturated heterocycles. The molecule has 0 saturated carbocycles. The number of carbonyl (C=O) groups is 1. The molecule has 0 spiro atoms. The van der Waals surface area contributed by atoms with Crippen LogP contribution in [0.25, 0.3) is 0 Å². The first-order valence-corrected chi connectivity index (χ1v) is 10.2. The van der Waals surface area contributed by atoms with Crippen molar-refractivity contribution in [1.29, 1.82) is 0 Å². The molecule has 163 valence electrons. The van der Waals surface area contributed by atoms with Gasteiger partial charge in [-0.1, -0.05) is 36.6 Å². The number of anilines is 2. The van der Waals surface area contributed by atoms with E-state index >= 15 is 0 Å². The van der Waals surface area contributed by atoms with Gasteiger partial charge in [0.2, 0.25) is 5.91 Å². The number of benzene rings is 3. The van der Waals surface area contributed by atoms with Gasteiger partial charge in [0.05, 0.1) is 29.4 Å². The predicted octanol–water partition coefficient (Wildman–Crippen LogP) is 5.68. The van der Waals surface area contributed by atoms with Gasteiger partial charge in [-0.3, -0.25) is 4.79 Å². The summed E-state index contributed by atoms with van der Waals surface area (Å²) in [5.41, 5.74) is 1.72. The average molecular weight is 437 g/mol. The van der Waals surface area contributed by atoms with E-state index in [4.69, 9.17) is 4.74 Å². The maximum Gasteiger partial charge on any atom is 0.416 e. The zero-order valence-corrected chi connectivity index (χ0v) is 17.6. The zero-order chi connectivity index (χ0) is 22.9. The number of halogens is 3. The number of hydrogen-bond acceptors (Lipinski definition) is 3. The second kappa shape index (κ2) is 8.61. The Morgan fingerprint density at radius 3 is 2.44 bits per heavy atom. The summed E-state index contributed by atoms with van der Waals surface area (Å²) in [7, 11) is 1.97. The Morgan fingerprint density at radius 2 is 1.72 bits per heavy atom. The third kappa shape index (κ3) is 4.74. The second-order valence-electron chi connectivity index (χ2n) is 7.70. The molecule has 2 N–H and O–H groups in total. The average Bonchev–Trinajstić information content (AvgIpc) is 2.90. The largest absolute Gasteiger partial charge is 0.457 e. The van der Waals surface area contributed by atoms with Crippen LogP contribution in [0.1, 0.15) is 29.2 Å². The molecule has 1 aliphatic rings. The first-order valence-electron chi connectivity index (χ1n) is 10.2. The van der Waals surface area contributed by atoms with Crippen molar-refractivity contribution in [2.24, 2.45) is 0 Å². The third-order valence-electron chi connectivity index (χ3n) is 5.35. The minimum absolute atomic E-state index is 0.0683. The lowest BCUT2D eigenvalue weighted by molar-refractivity contribution is -0.138. The van der Waals surface area contributed by atoms with Gasteiger partial charge in [-0.15, -0.1) is 0 Å². The van der Waals surface area contributed by atoms with E-state index in [0.29, 0.717) is 17.2 Å². The molecule has 8 heteroatoms. The lowest BCUT2D eigenvalue weighted by atomic mass is 9.73. The van der Waals surface area contributed by atoms with E-state index < -0.39 is 17.8 Å². The minimum atomic E-state index is -4.49. The van der Waals surface area contributed by atoms with E-state index in [1.807, 2.05) is 62.6 Å². The van der Waals surface area contributed by atoms with Crippen molar-refractivity contribution in [3.8, 4) is 11.5 Å². The monoisotopic (exact) mass is 437 g/mol. The summed E-state index contributed by atoms with van der Waals surface area (Å²) >= 11 is 0. The summed E-state index contributed by atoms with van der Waals surface area (Å²) in [6, 6.07) is 17.0. The highest BCUT2D eigenvalue weighted by molar-refractivity contribution is 6.51. The van der Waals surface area contributed by atoms with Gasteiger partial charge in [-0.2, -0.15) is 13.2 Å². The third-order valence-corrected chi connectivity index (χ3v) is 5.35. The number of rotatable bonds is 4. The van der Waals surface area contributed by atoms with Gasteiger partial charge in [0.25, 0.3) is 0 Å². The first-order chi connectivity index (χ1) is 15.2. The van der Waals surface area contributed by atoms with Crippen molar-refractivity contribution in [2.45, 2.75) is 32.4 Å². The number of aryl methyl sites for hydroxylation is 1. The van der Waals surface area contributed by atoms with Gasteiger partial charge >= 0.3 is 6.18 Å². The van der Waals surface area contributed by atoms with Crippen LogP contribution >= 0.6 is 0 Å². The summed E-state index contributed by atoms with van der Waals surface area (Å²) in [4.78, 5) is 12.5. The number of alkyl halides is 3. The summed E-state index contributed by atoms with van der Waals surface area (Å²) < 4.78 is 45.8. The molecule has 1 heterocycles. The van der Waals surface area contributed by atoms with Crippen LogP contribution in [0.4, 0.5) is 24.5 Å². The molecular formula is C24H21BF3N2O2. The molecule has 3 aromatic carbocycles. The van der Waals surface area contributed by atoms with Gasteiger partial charge in [0, 0.05) is 0 Å². The quantitative estimate of drug-likeness (QED) is 0.517. The van der Waals surface area contributed by atoms with Gasteiger partial charge < -0.3 is 15.4 Å². The summed E-state index contributed by atoms with van der Waals surface area (Å²) in [5.74, 6) is 0.923. The highest BCUT2D eigenvalue weighted by atomic mass is 19.4. The standard InChI is InChI=1S/C24H21BF3N2O2/c1-14-9-21-22(12-19(14)24(26,27)28)30-23(31)13-20(29-21)15-5-3-7-17(10-15)32-18-8-4-6-16(11-18)25-2/h3-12,20,29H,13H2,1-2H3,(H,30,31). The number of amides is 1. The number of carbonyl (C=O) groups excluding carboxylic acids is 1. The molecule has 4 nitrogen and oxygen atoms in total. The highest BCUT2D eigenvalue weighted by Crippen LogP contribution is 2.40. The Hall–Kier alpha value is -3.42. The van der Waals surface area contributed by atoms with Crippen LogP contribution in [-0.4, -0.2) is 13.2 Å². The van der Waals surface area contributed by atoms with Crippen molar-refractivity contribution in [3.63, 3.8) is 0 Å². The Morgan fingerprint density at radius 1 is 1.00 bits per heavy atom. The second-order valence-corrected chi connectivity index (χ2v) is 7.70. The fourth-order valence-corrected chi connectivity index (χ4v) is 3.75. The van der Waals surface area contributed by atoms with E-state index in [1.54, 1.807) is 0 Å². The van der Waals surface area contributed by atoms with E-state index in [2.05, 4.69) is 10.6 Å². The predicted molar refractivity (Wildman–Crippen MR) is 120 cm³/mol. The van der Waals surface area contributed by atoms with Crippen LogP contribution in [0.5, 0.6) is 11.5 Å². The van der Waals surface area contributed by atoms with Crippen LogP contribution in [0, 0.1) is 6.92 Å². The molecule has 1 amide bonds. The number of fused-ring (bicyclic) bond motifs is 1. The van der Waals surface area contributed by atoms with Gasteiger partial charge in [-0.05, 0) is 54.4 Å². The van der Waals surface area contributed by atoms with E-state index in [-0.39, 0.29) is 23.6 Å². The maximum atomic E-state index is 13.3. The molecule has 0 fully saturated rings. The molecule has 4 rings (SSSR count). The fraction of sp³-hybridized carbons (Fsp3) is 0.208. The summed E-state index contributed by atoms with van der Waals surface area (Å²) in [6.45, 7) is 3.35. The van der Waals surface area contributed by atoms with E-state index in [0.717, 1.165) is 17.1 Å². The van der Waals surface area contributed by atoms with Crippen molar-refractivity contribution in [2.75, 3.05) is 10.6 Å². The Kier molecular flexibility index (Phi) is 5.87. The Bertz CT molecular complexity index is 1160. The molecule has 0 aliphatic carbocycles. The van der Waals surface area contributed by atoms with Crippen LogP contribution in [0.2, 0.25) is 6.82 Å². The summed E-state index contributed by atoms with van der Waals surface area (Å²) in [5, 5.41) is 5.82. The minimum Gasteiger partial charge on any atom is -0.457 e.